The van der Waals surface area contributed by atoms with Crippen molar-refractivity contribution in [2.75, 3.05) is 0 Å². The average molecular weight is 719 g/mol. The lowest BCUT2D eigenvalue weighted by Crippen LogP contribution is -2.50. The summed E-state index contributed by atoms with van der Waals surface area (Å²) in [6.45, 7) is 4.95. The van der Waals surface area contributed by atoms with Gasteiger partial charge in [0.2, 0.25) is 0 Å². The number of fused-ring (bicyclic) bond motifs is 5. The van der Waals surface area contributed by atoms with Gasteiger partial charge >= 0.3 is 0 Å². The summed E-state index contributed by atoms with van der Waals surface area (Å²) in [6.07, 6.45) is 0. The minimum Gasteiger partial charge on any atom is -0.228 e. The molecule has 9 aromatic rings. The third-order valence-electron chi connectivity index (χ3n) is 11.2. The van der Waals surface area contributed by atoms with E-state index in [0.29, 0.717) is 0 Å². The molecule has 0 saturated carbocycles. The molecule has 1 aliphatic rings. The quantitative estimate of drug-likeness (QED) is 0.160. The normalized spacial score (nSPS) is 12.7. The highest BCUT2D eigenvalue weighted by molar-refractivity contribution is 7.05. The number of hydrogen-bond donors (Lipinski definition) is 0. The summed E-state index contributed by atoms with van der Waals surface area (Å²) in [5.74, 6) is 0.747. The van der Waals surface area contributed by atoms with E-state index in [0.717, 1.165) is 33.9 Å². The van der Waals surface area contributed by atoms with Gasteiger partial charge in [-0.3, -0.25) is 0 Å². The second-order valence-corrected chi connectivity index (χ2v) is 19.3. The maximum atomic E-state index is 5.57. The number of rotatable bonds is 6. The first-order valence-electron chi connectivity index (χ1n) is 19.0. The summed E-state index contributed by atoms with van der Waals surface area (Å²) in [6, 6.07) is 69.9. The van der Waals surface area contributed by atoms with Crippen molar-refractivity contribution >= 4 is 29.2 Å². The number of nitrogens with zero attached hydrogens (tertiary/aromatic N) is 2. The first kappa shape index (κ1) is 32.9. The third-order valence-corrected chi connectivity index (χ3v) is 14.7. The fraction of sp³-hybridized carbons (Fsp3) is 0.0385. The second kappa shape index (κ2) is 13.3. The molecular weight excluding hydrogens is 681 g/mol. The van der Waals surface area contributed by atoms with Gasteiger partial charge in [0.05, 0.1) is 11.4 Å². The van der Waals surface area contributed by atoms with E-state index in [1.165, 1.54) is 65.7 Å². The molecule has 8 aromatic carbocycles. The average Bonchev–Trinajstić information content (AvgIpc) is 3.50. The van der Waals surface area contributed by atoms with Crippen molar-refractivity contribution in [1.82, 2.24) is 9.97 Å². The molecule has 10 rings (SSSR count). The van der Waals surface area contributed by atoms with Gasteiger partial charge in [-0.25, -0.2) is 9.97 Å². The molecule has 0 N–H and O–H groups in total. The van der Waals surface area contributed by atoms with Gasteiger partial charge in [-0.1, -0.05) is 183 Å². The Labute approximate surface area is 323 Å². The van der Waals surface area contributed by atoms with Crippen LogP contribution in [-0.4, -0.2) is 18.0 Å². The van der Waals surface area contributed by atoms with E-state index in [2.05, 4.69) is 207 Å². The van der Waals surface area contributed by atoms with Crippen LogP contribution in [0.4, 0.5) is 0 Å². The topological polar surface area (TPSA) is 25.8 Å². The molecule has 0 spiro atoms. The Hall–Kier alpha value is -6.68. The van der Waals surface area contributed by atoms with Crippen molar-refractivity contribution in [2.45, 2.75) is 13.1 Å². The van der Waals surface area contributed by atoms with Crippen LogP contribution in [0.1, 0.15) is 0 Å². The zero-order valence-corrected chi connectivity index (χ0v) is 31.9. The first-order valence-corrected chi connectivity index (χ1v) is 22.0. The van der Waals surface area contributed by atoms with E-state index in [4.69, 9.17) is 9.97 Å². The minimum absolute atomic E-state index is 0.747. The Morgan fingerprint density at radius 3 is 1.33 bits per heavy atom. The summed E-state index contributed by atoms with van der Waals surface area (Å²) in [5, 5.41) is 5.36. The van der Waals surface area contributed by atoms with E-state index < -0.39 is 8.07 Å². The molecule has 0 saturated heterocycles. The zero-order chi connectivity index (χ0) is 36.9. The lowest BCUT2D eigenvalue weighted by atomic mass is 9.96. The summed E-state index contributed by atoms with van der Waals surface area (Å²) in [5.41, 5.74) is 15.0. The van der Waals surface area contributed by atoms with E-state index >= 15 is 0 Å². The molecule has 2 heterocycles. The SMILES string of the molecule is C[Si]1(C)c2c(-c3cccc(-c4cccc(-c5ccccc5)c4)c3)nc(-c3cccc(-c4cccc(-c5ccccc5)c4)c3)nc2-c2ccc3ccccc3c21. The van der Waals surface area contributed by atoms with Gasteiger partial charge in [-0.2, -0.15) is 0 Å². The Balaban J connectivity index is 1.15. The van der Waals surface area contributed by atoms with E-state index in [1.807, 2.05) is 0 Å². The highest BCUT2D eigenvalue weighted by Crippen LogP contribution is 2.38. The molecule has 0 unspecified atom stereocenters. The highest BCUT2D eigenvalue weighted by atomic mass is 28.3. The predicted molar refractivity (Wildman–Crippen MR) is 234 cm³/mol. The number of benzene rings is 8. The largest absolute Gasteiger partial charge is 0.228 e. The van der Waals surface area contributed by atoms with Crippen LogP contribution in [-0.2, 0) is 0 Å². The van der Waals surface area contributed by atoms with Crippen LogP contribution in [0.2, 0.25) is 13.1 Å². The fourth-order valence-corrected chi connectivity index (χ4v) is 12.2. The van der Waals surface area contributed by atoms with E-state index in [1.54, 1.807) is 0 Å². The molecule has 0 fully saturated rings. The second-order valence-electron chi connectivity index (χ2n) is 15.0. The minimum atomic E-state index is -2.27. The number of hydrogen-bond acceptors (Lipinski definition) is 2. The molecule has 0 bridgehead atoms. The lowest BCUT2D eigenvalue weighted by Gasteiger charge is -2.23. The summed E-state index contributed by atoms with van der Waals surface area (Å²) in [7, 11) is -2.27. The third kappa shape index (κ3) is 5.81. The van der Waals surface area contributed by atoms with Gasteiger partial charge in [0.15, 0.2) is 5.82 Å². The maximum absolute atomic E-state index is 5.57. The lowest BCUT2D eigenvalue weighted by molar-refractivity contribution is 1.20. The van der Waals surface area contributed by atoms with Gasteiger partial charge in [-0.05, 0) is 89.9 Å². The number of aromatic nitrogens is 2. The molecule has 0 aliphatic carbocycles. The monoisotopic (exact) mass is 718 g/mol. The molecule has 3 heteroatoms. The van der Waals surface area contributed by atoms with Crippen LogP contribution in [0.5, 0.6) is 0 Å². The molecule has 260 valence electrons. The molecule has 0 atom stereocenters. The first-order chi connectivity index (χ1) is 27.0. The summed E-state index contributed by atoms with van der Waals surface area (Å²) in [4.78, 5) is 11.1. The van der Waals surface area contributed by atoms with Crippen molar-refractivity contribution in [1.29, 1.82) is 0 Å². The summed E-state index contributed by atoms with van der Waals surface area (Å²) < 4.78 is 0. The van der Waals surface area contributed by atoms with Crippen molar-refractivity contribution in [3.63, 3.8) is 0 Å². The predicted octanol–water partition coefficient (Wildman–Crippen LogP) is 12.4. The van der Waals surface area contributed by atoms with E-state index in [9.17, 15) is 0 Å². The Morgan fingerprint density at radius 1 is 0.327 bits per heavy atom. The van der Waals surface area contributed by atoms with Gasteiger partial charge < -0.3 is 0 Å². The molecule has 2 nitrogen and oxygen atoms in total. The van der Waals surface area contributed by atoms with Crippen LogP contribution >= 0.6 is 0 Å². The van der Waals surface area contributed by atoms with Crippen LogP contribution in [0.15, 0.2) is 194 Å². The zero-order valence-electron chi connectivity index (χ0n) is 30.9. The van der Waals surface area contributed by atoms with Crippen molar-refractivity contribution in [3.8, 4) is 78.4 Å². The molecular formula is C52H38N2Si. The maximum Gasteiger partial charge on any atom is 0.160 e. The van der Waals surface area contributed by atoms with Crippen molar-refractivity contribution in [3.05, 3.63) is 194 Å². The van der Waals surface area contributed by atoms with Crippen molar-refractivity contribution in [2.24, 2.45) is 0 Å². The van der Waals surface area contributed by atoms with E-state index in [-0.39, 0.29) is 0 Å². The Morgan fingerprint density at radius 2 is 0.745 bits per heavy atom. The van der Waals surface area contributed by atoms with Crippen LogP contribution < -0.4 is 10.4 Å². The van der Waals surface area contributed by atoms with Crippen molar-refractivity contribution < 1.29 is 0 Å². The molecule has 1 aromatic heterocycles. The van der Waals surface area contributed by atoms with Gasteiger partial charge in [0.25, 0.3) is 0 Å². The van der Waals surface area contributed by atoms with Crippen LogP contribution in [0.3, 0.4) is 0 Å². The fourth-order valence-electron chi connectivity index (χ4n) is 8.55. The summed E-state index contributed by atoms with van der Waals surface area (Å²) >= 11 is 0. The highest BCUT2D eigenvalue weighted by Gasteiger charge is 2.43. The molecule has 1 aliphatic heterocycles. The van der Waals surface area contributed by atoms with Crippen LogP contribution in [0.25, 0.3) is 89.2 Å². The van der Waals surface area contributed by atoms with Gasteiger partial charge in [-0.15, -0.1) is 0 Å². The molecule has 55 heavy (non-hydrogen) atoms. The Kier molecular flexibility index (Phi) is 7.97. The van der Waals surface area contributed by atoms with Crippen LogP contribution in [0, 0.1) is 0 Å². The Bertz CT molecular complexity index is 2890. The van der Waals surface area contributed by atoms with Gasteiger partial charge in [0.1, 0.15) is 8.07 Å². The molecule has 0 radical (unpaired) electrons. The molecule has 0 amide bonds. The van der Waals surface area contributed by atoms with Gasteiger partial charge in [0, 0.05) is 16.7 Å². The smallest absolute Gasteiger partial charge is 0.160 e. The standard InChI is InChI=1S/C52H38N2Si/c1-55(2)50-46-28-10-9-19-37(46)29-30-47(50)49-51(55)48(44-26-13-24-42(33-44)40-22-11-20-38(31-40)35-15-5-3-6-16-35)53-52(54-49)45-27-14-25-43(34-45)41-23-12-21-39(32-41)36-17-7-4-8-18-36/h3-34H,1-2H3.